The fraction of sp³-hybridized carbons (Fsp3) is 0.158. The average molecular weight is 429 g/mol. The molecule has 3 rings (SSSR count). The highest BCUT2D eigenvalue weighted by Gasteiger charge is 2.33. The van der Waals surface area contributed by atoms with Crippen LogP contribution >= 0.6 is 0 Å². The van der Waals surface area contributed by atoms with E-state index in [-0.39, 0.29) is 22.6 Å². The van der Waals surface area contributed by atoms with Crippen LogP contribution in [-0.4, -0.2) is 22.1 Å². The van der Waals surface area contributed by atoms with Crippen molar-refractivity contribution in [2.45, 2.75) is 19.5 Å². The summed E-state index contributed by atoms with van der Waals surface area (Å²) in [5, 5.41) is 6.22. The smallest absolute Gasteiger partial charge is 0.404 e. The fourth-order valence-electron chi connectivity index (χ4n) is 2.68. The molecule has 0 fully saturated rings. The molecule has 1 amide bonds. The maximum absolute atomic E-state index is 12.9. The number of para-hydroxylation sites is 2. The van der Waals surface area contributed by atoms with Gasteiger partial charge in [0.25, 0.3) is 5.91 Å². The molecule has 0 radical (unpaired) electrons. The van der Waals surface area contributed by atoms with Crippen LogP contribution in [0.15, 0.2) is 54.7 Å². The number of alkyl halides is 6. The Balaban J connectivity index is 1.88. The molecule has 1 N–H and O–H groups in total. The summed E-state index contributed by atoms with van der Waals surface area (Å²) in [7, 11) is 0. The van der Waals surface area contributed by atoms with Crippen LogP contribution < -0.4 is 10.1 Å². The predicted octanol–water partition coefficient (Wildman–Crippen LogP) is 5.35. The van der Waals surface area contributed by atoms with E-state index in [1.54, 1.807) is 0 Å². The van der Waals surface area contributed by atoms with E-state index in [1.165, 1.54) is 37.3 Å². The molecule has 1 heterocycles. The van der Waals surface area contributed by atoms with Gasteiger partial charge in [0, 0.05) is 0 Å². The third kappa shape index (κ3) is 4.73. The van der Waals surface area contributed by atoms with Crippen LogP contribution in [-0.2, 0) is 6.18 Å². The van der Waals surface area contributed by atoms with Gasteiger partial charge in [0.05, 0.1) is 34.4 Å². The molecule has 0 saturated heterocycles. The maximum atomic E-state index is 12.9. The molecule has 11 heteroatoms. The molecule has 158 valence electrons. The molecule has 0 unspecified atom stereocenters. The lowest BCUT2D eigenvalue weighted by Gasteiger charge is -2.14. The Morgan fingerprint density at radius 3 is 2.40 bits per heavy atom. The van der Waals surface area contributed by atoms with Gasteiger partial charge in [-0.2, -0.15) is 18.3 Å². The van der Waals surface area contributed by atoms with Crippen molar-refractivity contribution >= 4 is 11.6 Å². The molecule has 30 heavy (non-hydrogen) atoms. The van der Waals surface area contributed by atoms with Crippen molar-refractivity contribution in [3.05, 3.63) is 71.5 Å². The first-order chi connectivity index (χ1) is 14.0. The lowest BCUT2D eigenvalue weighted by molar-refractivity contribution is -0.274. The Morgan fingerprint density at radius 2 is 1.73 bits per heavy atom. The van der Waals surface area contributed by atoms with Gasteiger partial charge in [-0.1, -0.05) is 18.2 Å². The predicted molar refractivity (Wildman–Crippen MR) is 94.4 cm³/mol. The minimum absolute atomic E-state index is 0.0331. The maximum Gasteiger partial charge on any atom is 0.573 e. The Bertz CT molecular complexity index is 1070. The molecule has 0 aliphatic rings. The third-order valence-corrected chi connectivity index (χ3v) is 4.03. The third-order valence-electron chi connectivity index (χ3n) is 4.03. The standard InChI is InChI=1S/C19H13F6N3O2/c1-11-14(10-26-28(11)13-6-4-5-12(9-13)18(20,21)22)17(29)27-15-7-2-3-8-16(15)30-19(23,24)25/h2-10H,1H3,(H,27,29). The summed E-state index contributed by atoms with van der Waals surface area (Å²) in [5.74, 6) is -1.41. The van der Waals surface area contributed by atoms with E-state index in [0.29, 0.717) is 0 Å². The molecule has 0 aliphatic heterocycles. The van der Waals surface area contributed by atoms with Crippen LogP contribution in [0.25, 0.3) is 5.69 Å². The summed E-state index contributed by atoms with van der Waals surface area (Å²) >= 11 is 0. The number of hydrogen-bond acceptors (Lipinski definition) is 3. The number of hydrogen-bond donors (Lipinski definition) is 1. The Labute approximate surface area is 165 Å². The fourth-order valence-corrected chi connectivity index (χ4v) is 2.68. The average Bonchev–Trinajstić information content (AvgIpc) is 3.03. The number of halogens is 6. The Hall–Kier alpha value is -3.50. The molecular formula is C19H13F6N3O2. The van der Waals surface area contributed by atoms with Crippen molar-refractivity contribution in [1.29, 1.82) is 0 Å². The van der Waals surface area contributed by atoms with E-state index < -0.39 is 29.8 Å². The Kier molecular flexibility index (Phi) is 5.47. The number of amides is 1. The molecule has 5 nitrogen and oxygen atoms in total. The van der Waals surface area contributed by atoms with Gasteiger partial charge >= 0.3 is 12.5 Å². The number of ether oxygens (including phenoxy) is 1. The lowest BCUT2D eigenvalue weighted by Crippen LogP contribution is -2.19. The van der Waals surface area contributed by atoms with Crippen LogP contribution in [0.1, 0.15) is 21.6 Å². The number of benzene rings is 2. The van der Waals surface area contributed by atoms with Gasteiger partial charge in [-0.3, -0.25) is 4.79 Å². The molecule has 1 aromatic heterocycles. The van der Waals surface area contributed by atoms with Gasteiger partial charge < -0.3 is 10.1 Å². The normalized spacial score (nSPS) is 12.0. The van der Waals surface area contributed by atoms with E-state index >= 15 is 0 Å². The lowest BCUT2D eigenvalue weighted by atomic mass is 10.2. The van der Waals surface area contributed by atoms with Gasteiger partial charge in [-0.05, 0) is 37.3 Å². The van der Waals surface area contributed by atoms with Gasteiger partial charge in [-0.15, -0.1) is 13.2 Å². The highest BCUT2D eigenvalue weighted by atomic mass is 19.4. The van der Waals surface area contributed by atoms with E-state index in [1.807, 2.05) is 0 Å². The largest absolute Gasteiger partial charge is 0.573 e. The number of carbonyl (C=O) groups excluding carboxylic acids is 1. The highest BCUT2D eigenvalue weighted by Crippen LogP contribution is 2.32. The van der Waals surface area contributed by atoms with E-state index in [2.05, 4.69) is 15.2 Å². The first kappa shape index (κ1) is 21.2. The van der Waals surface area contributed by atoms with Crippen LogP contribution in [0.3, 0.4) is 0 Å². The van der Waals surface area contributed by atoms with Crippen molar-refractivity contribution in [2.24, 2.45) is 0 Å². The quantitative estimate of drug-likeness (QED) is 0.569. The number of carbonyl (C=O) groups is 1. The summed E-state index contributed by atoms with van der Waals surface area (Å²) in [6.07, 6.45) is -8.40. The summed E-state index contributed by atoms with van der Waals surface area (Å²) in [5.41, 5.74) is -0.886. The minimum atomic E-state index is -4.95. The molecular weight excluding hydrogens is 416 g/mol. The molecule has 0 aliphatic carbocycles. The van der Waals surface area contributed by atoms with Gasteiger partial charge in [-0.25, -0.2) is 4.68 Å². The van der Waals surface area contributed by atoms with E-state index in [0.717, 1.165) is 29.1 Å². The molecule has 0 bridgehead atoms. The number of aromatic nitrogens is 2. The first-order valence-electron chi connectivity index (χ1n) is 8.34. The van der Waals surface area contributed by atoms with Crippen molar-refractivity contribution in [2.75, 3.05) is 5.32 Å². The van der Waals surface area contributed by atoms with E-state index in [9.17, 15) is 31.1 Å². The minimum Gasteiger partial charge on any atom is -0.404 e. The topological polar surface area (TPSA) is 56.1 Å². The summed E-state index contributed by atoms with van der Waals surface area (Å²) in [6, 6.07) is 9.29. The number of anilines is 1. The van der Waals surface area contributed by atoms with Gasteiger partial charge in [0.15, 0.2) is 5.75 Å². The summed E-state index contributed by atoms with van der Waals surface area (Å²) in [4.78, 5) is 12.5. The molecule has 3 aromatic rings. The summed E-state index contributed by atoms with van der Waals surface area (Å²) < 4.78 is 81.4. The first-order valence-corrected chi connectivity index (χ1v) is 8.34. The number of nitrogens with one attached hydrogen (secondary N) is 1. The van der Waals surface area contributed by atoms with Crippen molar-refractivity contribution < 1.29 is 35.9 Å². The van der Waals surface area contributed by atoms with Crippen LogP contribution in [0, 0.1) is 6.92 Å². The molecule has 0 atom stereocenters. The second-order valence-electron chi connectivity index (χ2n) is 6.10. The zero-order chi connectivity index (χ0) is 22.1. The number of nitrogens with zero attached hydrogens (tertiary/aromatic N) is 2. The number of rotatable bonds is 4. The second-order valence-corrected chi connectivity index (χ2v) is 6.10. The molecule has 2 aromatic carbocycles. The Morgan fingerprint density at radius 1 is 1.03 bits per heavy atom. The van der Waals surface area contributed by atoms with Crippen LogP contribution in [0.5, 0.6) is 5.75 Å². The second kappa shape index (κ2) is 7.73. The van der Waals surface area contributed by atoms with Gasteiger partial charge in [0.1, 0.15) is 0 Å². The van der Waals surface area contributed by atoms with Crippen LogP contribution in [0.4, 0.5) is 32.0 Å². The van der Waals surface area contributed by atoms with Crippen molar-refractivity contribution in [3.8, 4) is 11.4 Å². The summed E-state index contributed by atoms with van der Waals surface area (Å²) in [6.45, 7) is 1.44. The van der Waals surface area contributed by atoms with Gasteiger partial charge in [0.2, 0.25) is 0 Å². The van der Waals surface area contributed by atoms with E-state index in [4.69, 9.17) is 0 Å². The highest BCUT2D eigenvalue weighted by molar-refractivity contribution is 6.05. The van der Waals surface area contributed by atoms with Crippen molar-refractivity contribution in [1.82, 2.24) is 9.78 Å². The molecule has 0 saturated carbocycles. The van der Waals surface area contributed by atoms with Crippen LogP contribution in [0.2, 0.25) is 0 Å². The monoisotopic (exact) mass is 429 g/mol. The SMILES string of the molecule is Cc1c(C(=O)Nc2ccccc2OC(F)(F)F)cnn1-c1cccc(C(F)(F)F)c1. The zero-order valence-electron chi connectivity index (χ0n) is 15.2. The zero-order valence-corrected chi connectivity index (χ0v) is 15.2. The molecule has 0 spiro atoms. The van der Waals surface area contributed by atoms with Crippen molar-refractivity contribution in [3.63, 3.8) is 0 Å².